The van der Waals surface area contributed by atoms with Gasteiger partial charge in [-0.15, -0.1) is 0 Å². The molecule has 8 nitrogen and oxygen atoms in total. The molecule has 2 amide bonds. The van der Waals surface area contributed by atoms with Crippen LogP contribution >= 0.6 is 0 Å². The van der Waals surface area contributed by atoms with Gasteiger partial charge in [0.05, 0.1) is 17.8 Å². The standard InChI is InChI=1S/C26H25F2N5O3.H2/c1-26(27,28)25(36)31-21-13-23(35)33(24(21)16-6-4-3-5-7-16)19-9-10-20(17(12-19)14-29)30-18-8-11-22(34)32(2)15-18;/h3-12,14-15,21,24,29-30H,13H2,1-2H3,(H,31,36);1H/t21-,24+;/m1./s1. The zero-order valence-corrected chi connectivity index (χ0v) is 19.7. The number of aromatic nitrogens is 1. The summed E-state index contributed by atoms with van der Waals surface area (Å²) in [7, 11) is 1.63. The minimum Gasteiger partial charge on any atom is -0.354 e. The second-order valence-electron chi connectivity index (χ2n) is 8.70. The smallest absolute Gasteiger partial charge is 0.321 e. The van der Waals surface area contributed by atoms with Gasteiger partial charge in [0.25, 0.3) is 5.91 Å². The maximum Gasteiger partial charge on any atom is 0.321 e. The maximum atomic E-state index is 13.6. The summed E-state index contributed by atoms with van der Waals surface area (Å²) >= 11 is 0. The molecule has 3 aromatic rings. The number of pyridine rings is 1. The van der Waals surface area contributed by atoms with E-state index in [2.05, 4.69) is 10.6 Å². The molecule has 1 saturated heterocycles. The van der Waals surface area contributed by atoms with Crippen molar-refractivity contribution in [2.45, 2.75) is 31.4 Å². The molecule has 10 heteroatoms. The Hall–Kier alpha value is -4.34. The lowest BCUT2D eigenvalue weighted by Crippen LogP contribution is -2.46. The molecule has 1 aliphatic rings. The van der Waals surface area contributed by atoms with Crippen molar-refractivity contribution < 1.29 is 19.8 Å². The number of anilines is 3. The first kappa shape index (κ1) is 24.8. The van der Waals surface area contributed by atoms with Gasteiger partial charge in [0.2, 0.25) is 11.5 Å². The monoisotopic (exact) mass is 495 g/mol. The quantitative estimate of drug-likeness (QED) is 0.431. The second-order valence-corrected chi connectivity index (χ2v) is 8.70. The Kier molecular flexibility index (Phi) is 6.69. The Morgan fingerprint density at radius 1 is 1.14 bits per heavy atom. The van der Waals surface area contributed by atoms with Crippen molar-refractivity contribution in [2.75, 3.05) is 10.2 Å². The molecule has 0 spiro atoms. The number of carbonyl (C=O) groups is 2. The van der Waals surface area contributed by atoms with Crippen molar-refractivity contribution in [3.05, 3.63) is 88.3 Å². The normalized spacial score (nSPS) is 17.7. The molecule has 2 atom stereocenters. The highest BCUT2D eigenvalue weighted by Crippen LogP contribution is 2.39. The molecule has 0 aliphatic carbocycles. The minimum atomic E-state index is -3.58. The fourth-order valence-corrected chi connectivity index (χ4v) is 4.25. The first-order valence-corrected chi connectivity index (χ1v) is 11.2. The van der Waals surface area contributed by atoms with E-state index in [0.717, 1.165) is 6.21 Å². The number of alkyl halides is 2. The Bertz CT molecular complexity index is 1370. The third kappa shape index (κ3) is 5.02. The van der Waals surface area contributed by atoms with Gasteiger partial charge in [-0.1, -0.05) is 30.3 Å². The van der Waals surface area contributed by atoms with E-state index in [9.17, 15) is 23.2 Å². The highest BCUT2D eigenvalue weighted by molar-refractivity contribution is 6.00. The van der Waals surface area contributed by atoms with Crippen molar-refractivity contribution in [1.29, 1.82) is 5.41 Å². The Morgan fingerprint density at radius 2 is 1.86 bits per heavy atom. The van der Waals surface area contributed by atoms with Crippen molar-refractivity contribution >= 4 is 35.1 Å². The fraction of sp³-hybridized carbons (Fsp3) is 0.231. The molecule has 2 aromatic carbocycles. The van der Waals surface area contributed by atoms with Crippen LogP contribution in [0.25, 0.3) is 0 Å². The molecular weight excluding hydrogens is 468 g/mol. The molecule has 2 heterocycles. The highest BCUT2D eigenvalue weighted by atomic mass is 19.3. The predicted molar refractivity (Wildman–Crippen MR) is 135 cm³/mol. The lowest BCUT2D eigenvalue weighted by molar-refractivity contribution is -0.143. The molecule has 3 N–H and O–H groups in total. The summed E-state index contributed by atoms with van der Waals surface area (Å²) in [5.41, 5.74) is 2.65. The van der Waals surface area contributed by atoms with E-state index in [-0.39, 0.29) is 19.3 Å². The van der Waals surface area contributed by atoms with Crippen LogP contribution in [0.5, 0.6) is 0 Å². The summed E-state index contributed by atoms with van der Waals surface area (Å²) in [4.78, 5) is 38.3. The second kappa shape index (κ2) is 9.73. The summed E-state index contributed by atoms with van der Waals surface area (Å²) < 4.78 is 28.7. The number of halogens is 2. The molecule has 0 unspecified atom stereocenters. The number of carbonyl (C=O) groups excluding carboxylic acids is 2. The molecule has 4 rings (SSSR count). The number of nitrogens with one attached hydrogen (secondary N) is 3. The van der Waals surface area contributed by atoms with Gasteiger partial charge in [0, 0.05) is 57.2 Å². The Morgan fingerprint density at radius 3 is 2.50 bits per heavy atom. The molecule has 0 bridgehead atoms. The van der Waals surface area contributed by atoms with E-state index in [1.807, 2.05) is 0 Å². The number of aryl methyl sites for hydroxylation is 1. The topological polar surface area (TPSA) is 107 Å². The van der Waals surface area contributed by atoms with E-state index in [4.69, 9.17) is 5.41 Å². The van der Waals surface area contributed by atoms with Gasteiger partial charge in [-0.3, -0.25) is 14.4 Å². The highest BCUT2D eigenvalue weighted by Gasteiger charge is 2.45. The number of hydrogen-bond donors (Lipinski definition) is 3. The lowest BCUT2D eigenvalue weighted by Gasteiger charge is -2.30. The largest absolute Gasteiger partial charge is 0.354 e. The zero-order chi connectivity index (χ0) is 26.0. The predicted octanol–water partition coefficient (Wildman–Crippen LogP) is 3.99. The molecule has 0 radical (unpaired) electrons. The summed E-state index contributed by atoms with van der Waals surface area (Å²) in [6.45, 7) is 0.515. The van der Waals surface area contributed by atoms with Crippen molar-refractivity contribution in [3.8, 4) is 0 Å². The third-order valence-corrected chi connectivity index (χ3v) is 6.01. The summed E-state index contributed by atoms with van der Waals surface area (Å²) in [6.07, 6.45) is 2.60. The van der Waals surface area contributed by atoms with Crippen LogP contribution in [-0.2, 0) is 16.6 Å². The summed E-state index contributed by atoms with van der Waals surface area (Å²) in [5.74, 6) is -5.37. The first-order chi connectivity index (χ1) is 17.1. The maximum absolute atomic E-state index is 13.6. The Labute approximate surface area is 207 Å². The van der Waals surface area contributed by atoms with Crippen molar-refractivity contribution in [3.63, 3.8) is 0 Å². The zero-order valence-electron chi connectivity index (χ0n) is 19.7. The van der Waals surface area contributed by atoms with Crippen LogP contribution in [0.15, 0.2) is 71.7 Å². The number of hydrogen-bond acceptors (Lipinski definition) is 5. The van der Waals surface area contributed by atoms with E-state index >= 15 is 0 Å². The van der Waals surface area contributed by atoms with Crippen LogP contribution in [0.4, 0.5) is 25.8 Å². The first-order valence-electron chi connectivity index (χ1n) is 11.2. The number of rotatable bonds is 7. The average Bonchev–Trinajstić information content (AvgIpc) is 3.17. The molecule has 1 aromatic heterocycles. The van der Waals surface area contributed by atoms with Gasteiger partial charge in [0.15, 0.2) is 0 Å². The van der Waals surface area contributed by atoms with Crippen molar-refractivity contribution in [1.82, 2.24) is 9.88 Å². The van der Waals surface area contributed by atoms with Crippen LogP contribution in [0.1, 0.15) is 31.9 Å². The molecule has 36 heavy (non-hydrogen) atoms. The van der Waals surface area contributed by atoms with Gasteiger partial charge in [0.1, 0.15) is 0 Å². The summed E-state index contributed by atoms with van der Waals surface area (Å²) in [6, 6.07) is 15.4. The van der Waals surface area contributed by atoms with Gasteiger partial charge in [-0.05, 0) is 29.8 Å². The van der Waals surface area contributed by atoms with Crippen LogP contribution < -0.4 is 21.1 Å². The SMILES string of the molecule is Cn1cc(Nc2ccc(N3C(=O)C[C@@H](NC(=O)C(C)(F)F)[C@@H]3c3ccccc3)cc2C=N)ccc1=O.[HH]. The fourth-order valence-electron chi connectivity index (χ4n) is 4.25. The van der Waals surface area contributed by atoms with Crippen LogP contribution in [0.2, 0.25) is 0 Å². The van der Waals surface area contributed by atoms with Crippen LogP contribution in [0, 0.1) is 5.41 Å². The average molecular weight is 496 g/mol. The molecule has 188 valence electrons. The molecule has 1 fully saturated rings. The molecule has 0 saturated carbocycles. The van der Waals surface area contributed by atoms with Crippen molar-refractivity contribution in [2.24, 2.45) is 7.05 Å². The van der Waals surface area contributed by atoms with E-state index in [1.165, 1.54) is 15.5 Å². The molecule has 1 aliphatic heterocycles. The van der Waals surface area contributed by atoms with Gasteiger partial charge in [-0.25, -0.2) is 0 Å². The van der Waals surface area contributed by atoms with Gasteiger partial charge >= 0.3 is 5.92 Å². The van der Waals surface area contributed by atoms with E-state index in [1.54, 1.807) is 67.8 Å². The number of nitrogens with zero attached hydrogens (tertiary/aromatic N) is 2. The van der Waals surface area contributed by atoms with Crippen LogP contribution in [-0.4, -0.2) is 34.6 Å². The number of amides is 2. The summed E-state index contributed by atoms with van der Waals surface area (Å²) in [5, 5.41) is 13.4. The van der Waals surface area contributed by atoms with E-state index < -0.39 is 23.9 Å². The van der Waals surface area contributed by atoms with Gasteiger partial charge < -0.3 is 25.5 Å². The molecular formula is C26H27F2N5O3. The van der Waals surface area contributed by atoms with Gasteiger partial charge in [-0.2, -0.15) is 8.78 Å². The Balaban J connectivity index is 0.00000380. The third-order valence-electron chi connectivity index (χ3n) is 6.01. The minimum absolute atomic E-state index is 0. The lowest BCUT2D eigenvalue weighted by atomic mass is 9.99. The number of benzene rings is 2. The van der Waals surface area contributed by atoms with E-state index in [0.29, 0.717) is 35.1 Å². The van der Waals surface area contributed by atoms with Crippen LogP contribution in [0.3, 0.4) is 0 Å².